The van der Waals surface area contributed by atoms with E-state index < -0.39 is 0 Å². The van der Waals surface area contributed by atoms with Gasteiger partial charge in [-0.15, -0.1) is 0 Å². The molecule has 0 atom stereocenters. The van der Waals surface area contributed by atoms with E-state index in [0.717, 1.165) is 37.3 Å². The summed E-state index contributed by atoms with van der Waals surface area (Å²) in [5, 5.41) is 4.30. The molecule has 3 rings (SSSR count). The molecule has 0 amide bonds. The van der Waals surface area contributed by atoms with Crippen molar-refractivity contribution >= 4 is 5.69 Å². The molecule has 1 aliphatic rings. The van der Waals surface area contributed by atoms with Crippen LogP contribution in [0, 0.1) is 5.82 Å². The van der Waals surface area contributed by atoms with Gasteiger partial charge in [0.1, 0.15) is 5.82 Å². The van der Waals surface area contributed by atoms with Crippen molar-refractivity contribution in [2.24, 2.45) is 5.73 Å². The molecular formula is C14H17FN4. The number of rotatable bonds is 2. The van der Waals surface area contributed by atoms with E-state index in [4.69, 9.17) is 5.73 Å². The standard InChI is InChI=1S/C14H17FN4/c15-11-2-1-3-13(8-11)19-10-14(9-17-19)18-6-4-12(16)5-7-18/h1-3,8-10,12H,4-7,16H2. The Hall–Kier alpha value is -1.88. The van der Waals surface area contributed by atoms with Crippen LogP contribution in [-0.4, -0.2) is 28.9 Å². The van der Waals surface area contributed by atoms with E-state index in [-0.39, 0.29) is 5.82 Å². The lowest BCUT2D eigenvalue weighted by Gasteiger charge is -2.30. The Bertz CT molecular complexity index is 558. The summed E-state index contributed by atoms with van der Waals surface area (Å²) in [4.78, 5) is 2.27. The van der Waals surface area contributed by atoms with Gasteiger partial charge >= 0.3 is 0 Å². The van der Waals surface area contributed by atoms with Crippen LogP contribution in [0.4, 0.5) is 10.1 Å². The Morgan fingerprint density at radius 1 is 1.21 bits per heavy atom. The highest BCUT2D eigenvalue weighted by molar-refractivity contribution is 5.45. The molecule has 1 aliphatic heterocycles. The van der Waals surface area contributed by atoms with Gasteiger partial charge in [0, 0.05) is 19.1 Å². The molecule has 2 aromatic rings. The zero-order valence-electron chi connectivity index (χ0n) is 10.7. The molecule has 0 spiro atoms. The number of nitrogens with two attached hydrogens (primary N) is 1. The molecule has 100 valence electrons. The average molecular weight is 260 g/mol. The van der Waals surface area contributed by atoms with Crippen molar-refractivity contribution in [3.8, 4) is 5.69 Å². The maximum Gasteiger partial charge on any atom is 0.125 e. The van der Waals surface area contributed by atoms with Crippen LogP contribution in [0.15, 0.2) is 36.7 Å². The van der Waals surface area contributed by atoms with Crippen molar-refractivity contribution in [2.45, 2.75) is 18.9 Å². The summed E-state index contributed by atoms with van der Waals surface area (Å²) in [6.45, 7) is 1.91. The highest BCUT2D eigenvalue weighted by Crippen LogP contribution is 2.20. The van der Waals surface area contributed by atoms with E-state index in [1.165, 1.54) is 12.1 Å². The smallest absolute Gasteiger partial charge is 0.125 e. The van der Waals surface area contributed by atoms with Crippen molar-refractivity contribution in [1.29, 1.82) is 0 Å². The Morgan fingerprint density at radius 2 is 2.00 bits per heavy atom. The van der Waals surface area contributed by atoms with Crippen LogP contribution in [-0.2, 0) is 0 Å². The van der Waals surface area contributed by atoms with Crippen LogP contribution in [0.1, 0.15) is 12.8 Å². The van der Waals surface area contributed by atoms with Crippen molar-refractivity contribution in [2.75, 3.05) is 18.0 Å². The highest BCUT2D eigenvalue weighted by Gasteiger charge is 2.17. The third-order valence-electron chi connectivity index (χ3n) is 3.55. The maximum atomic E-state index is 13.2. The Morgan fingerprint density at radius 3 is 2.74 bits per heavy atom. The molecule has 2 N–H and O–H groups in total. The fourth-order valence-corrected chi connectivity index (χ4v) is 2.39. The number of benzene rings is 1. The van der Waals surface area contributed by atoms with Gasteiger partial charge in [-0.2, -0.15) is 5.10 Å². The SMILES string of the molecule is NC1CCN(c2cnn(-c3cccc(F)c3)c2)CC1. The van der Waals surface area contributed by atoms with Crippen LogP contribution in [0.3, 0.4) is 0 Å². The zero-order valence-corrected chi connectivity index (χ0v) is 10.7. The van der Waals surface area contributed by atoms with Gasteiger partial charge in [0.15, 0.2) is 0 Å². The van der Waals surface area contributed by atoms with Crippen LogP contribution >= 0.6 is 0 Å². The summed E-state index contributed by atoms with van der Waals surface area (Å²) < 4.78 is 14.9. The first-order valence-corrected chi connectivity index (χ1v) is 6.53. The van der Waals surface area contributed by atoms with Gasteiger partial charge in [0.2, 0.25) is 0 Å². The first-order valence-electron chi connectivity index (χ1n) is 6.53. The predicted octanol–water partition coefficient (Wildman–Crippen LogP) is 1.94. The maximum absolute atomic E-state index is 13.2. The minimum Gasteiger partial charge on any atom is -0.369 e. The summed E-state index contributed by atoms with van der Waals surface area (Å²) in [5.74, 6) is -0.251. The van der Waals surface area contributed by atoms with E-state index in [0.29, 0.717) is 6.04 Å². The molecule has 0 saturated carbocycles. The molecule has 1 aromatic carbocycles. The molecule has 5 heteroatoms. The van der Waals surface area contributed by atoms with Gasteiger partial charge in [-0.1, -0.05) is 6.07 Å². The van der Waals surface area contributed by atoms with Gasteiger partial charge in [-0.25, -0.2) is 9.07 Å². The molecule has 0 unspecified atom stereocenters. The summed E-state index contributed by atoms with van der Waals surface area (Å²) in [7, 11) is 0. The molecule has 4 nitrogen and oxygen atoms in total. The third kappa shape index (κ3) is 2.61. The number of aromatic nitrogens is 2. The molecule has 0 bridgehead atoms. The quantitative estimate of drug-likeness (QED) is 0.897. The first-order chi connectivity index (χ1) is 9.22. The third-order valence-corrected chi connectivity index (χ3v) is 3.55. The van der Waals surface area contributed by atoms with Gasteiger partial charge in [-0.05, 0) is 31.0 Å². The number of hydrogen-bond donors (Lipinski definition) is 1. The van der Waals surface area contributed by atoms with E-state index >= 15 is 0 Å². The molecule has 1 aromatic heterocycles. The minimum absolute atomic E-state index is 0.251. The van der Waals surface area contributed by atoms with Gasteiger partial charge < -0.3 is 10.6 Å². The van der Waals surface area contributed by atoms with Crippen LogP contribution < -0.4 is 10.6 Å². The minimum atomic E-state index is -0.251. The topological polar surface area (TPSA) is 47.1 Å². The van der Waals surface area contributed by atoms with Crippen molar-refractivity contribution in [3.05, 3.63) is 42.5 Å². The van der Waals surface area contributed by atoms with E-state index in [9.17, 15) is 4.39 Å². The van der Waals surface area contributed by atoms with Crippen LogP contribution in [0.5, 0.6) is 0 Å². The molecule has 0 aliphatic carbocycles. The van der Waals surface area contributed by atoms with Gasteiger partial charge in [0.25, 0.3) is 0 Å². The Labute approximate surface area is 111 Å². The molecule has 0 radical (unpaired) electrons. The summed E-state index contributed by atoms with van der Waals surface area (Å²) in [6, 6.07) is 6.75. The van der Waals surface area contributed by atoms with Crippen LogP contribution in [0.2, 0.25) is 0 Å². The fourth-order valence-electron chi connectivity index (χ4n) is 2.39. The first kappa shape index (κ1) is 12.2. The van der Waals surface area contributed by atoms with E-state index in [2.05, 4.69) is 10.00 Å². The van der Waals surface area contributed by atoms with Gasteiger partial charge in [-0.3, -0.25) is 0 Å². The molecule has 19 heavy (non-hydrogen) atoms. The van der Waals surface area contributed by atoms with Crippen molar-refractivity contribution in [1.82, 2.24) is 9.78 Å². The van der Waals surface area contributed by atoms with E-state index in [1.807, 2.05) is 18.5 Å². The summed E-state index contributed by atoms with van der Waals surface area (Å²) >= 11 is 0. The van der Waals surface area contributed by atoms with E-state index in [1.54, 1.807) is 10.7 Å². The zero-order chi connectivity index (χ0) is 13.2. The lowest BCUT2D eigenvalue weighted by molar-refractivity contribution is 0.501. The number of hydrogen-bond acceptors (Lipinski definition) is 3. The summed E-state index contributed by atoms with van der Waals surface area (Å²) in [6.07, 6.45) is 5.77. The Kier molecular flexibility index (Phi) is 3.21. The molecular weight excluding hydrogens is 243 g/mol. The lowest BCUT2D eigenvalue weighted by Crippen LogP contribution is -2.39. The highest BCUT2D eigenvalue weighted by atomic mass is 19.1. The molecule has 2 heterocycles. The predicted molar refractivity (Wildman–Crippen MR) is 72.9 cm³/mol. The normalized spacial score (nSPS) is 16.8. The molecule has 1 fully saturated rings. The van der Waals surface area contributed by atoms with Crippen LogP contribution in [0.25, 0.3) is 5.69 Å². The monoisotopic (exact) mass is 260 g/mol. The second kappa shape index (κ2) is 5.01. The molecule has 1 saturated heterocycles. The number of halogens is 1. The van der Waals surface area contributed by atoms with Crippen molar-refractivity contribution in [3.63, 3.8) is 0 Å². The van der Waals surface area contributed by atoms with Gasteiger partial charge in [0.05, 0.1) is 23.8 Å². The lowest BCUT2D eigenvalue weighted by atomic mass is 10.1. The number of piperidine rings is 1. The van der Waals surface area contributed by atoms with Crippen molar-refractivity contribution < 1.29 is 4.39 Å². The largest absolute Gasteiger partial charge is 0.369 e. The summed E-state index contributed by atoms with van der Waals surface area (Å²) in [5.41, 5.74) is 7.70. The average Bonchev–Trinajstić information content (AvgIpc) is 2.89. The second-order valence-corrected chi connectivity index (χ2v) is 4.95. The Balaban J connectivity index is 1.80. The number of anilines is 1. The second-order valence-electron chi connectivity index (χ2n) is 4.95. The fraction of sp³-hybridized carbons (Fsp3) is 0.357. The number of nitrogens with zero attached hydrogens (tertiary/aromatic N) is 3.